The van der Waals surface area contributed by atoms with Crippen molar-refractivity contribution in [3.63, 3.8) is 0 Å². The highest BCUT2D eigenvalue weighted by molar-refractivity contribution is 5.46. The van der Waals surface area contributed by atoms with Gasteiger partial charge < -0.3 is 9.88 Å². The minimum absolute atomic E-state index is 0.0864. The lowest BCUT2D eigenvalue weighted by atomic mass is 10.2. The summed E-state index contributed by atoms with van der Waals surface area (Å²) in [4.78, 5) is 4.19. The number of anilines is 1. The highest BCUT2D eigenvalue weighted by Crippen LogP contribution is 2.30. The van der Waals surface area contributed by atoms with Crippen LogP contribution >= 0.6 is 0 Å². The summed E-state index contributed by atoms with van der Waals surface area (Å²) in [6.45, 7) is 1.90. The first-order chi connectivity index (χ1) is 8.88. The van der Waals surface area contributed by atoms with E-state index in [0.29, 0.717) is 5.69 Å². The van der Waals surface area contributed by atoms with Crippen LogP contribution in [0.1, 0.15) is 24.4 Å². The summed E-state index contributed by atoms with van der Waals surface area (Å²) in [5.74, 6) is 0.819. The Morgan fingerprint density at radius 3 is 2.32 bits per heavy atom. The van der Waals surface area contributed by atoms with E-state index in [9.17, 15) is 13.2 Å². The number of halogens is 3. The molecule has 0 spiro atoms. The molecular formula is C13H14F3N3. The lowest BCUT2D eigenvalue weighted by Crippen LogP contribution is -2.12. The van der Waals surface area contributed by atoms with Gasteiger partial charge in [0.25, 0.3) is 0 Å². The van der Waals surface area contributed by atoms with Crippen molar-refractivity contribution in [2.45, 2.75) is 19.1 Å². The van der Waals surface area contributed by atoms with Gasteiger partial charge in [-0.2, -0.15) is 13.2 Å². The largest absolute Gasteiger partial charge is 0.416 e. The molecule has 1 atom stereocenters. The van der Waals surface area contributed by atoms with Crippen LogP contribution in [-0.4, -0.2) is 9.55 Å². The van der Waals surface area contributed by atoms with Gasteiger partial charge >= 0.3 is 6.18 Å². The molecule has 1 unspecified atom stereocenters. The molecular weight excluding hydrogens is 255 g/mol. The smallest absolute Gasteiger partial charge is 0.375 e. The van der Waals surface area contributed by atoms with Gasteiger partial charge in [0, 0.05) is 25.1 Å². The Bertz CT molecular complexity index is 543. The average Bonchev–Trinajstić information content (AvgIpc) is 2.75. The maximum atomic E-state index is 12.4. The number of rotatable bonds is 3. The standard InChI is InChI=1S/C13H14F3N3/c1-9(12-17-7-8-19(12)2)18-11-5-3-10(4-6-11)13(14,15)16/h3-9,18H,1-2H3. The van der Waals surface area contributed by atoms with Crippen molar-refractivity contribution in [3.05, 3.63) is 48.0 Å². The van der Waals surface area contributed by atoms with Gasteiger partial charge in [-0.3, -0.25) is 0 Å². The third kappa shape index (κ3) is 3.07. The molecule has 6 heteroatoms. The number of imidazole rings is 1. The van der Waals surface area contributed by atoms with Gasteiger partial charge in [0.2, 0.25) is 0 Å². The van der Waals surface area contributed by atoms with Gasteiger partial charge in [0.05, 0.1) is 11.6 Å². The van der Waals surface area contributed by atoms with Crippen molar-refractivity contribution in [3.8, 4) is 0 Å². The number of nitrogens with one attached hydrogen (secondary N) is 1. The predicted molar refractivity (Wildman–Crippen MR) is 66.7 cm³/mol. The van der Waals surface area contributed by atoms with E-state index < -0.39 is 11.7 Å². The second-order valence-corrected chi connectivity index (χ2v) is 4.34. The summed E-state index contributed by atoms with van der Waals surface area (Å²) < 4.78 is 39.1. The Kier molecular flexibility index (Phi) is 3.50. The lowest BCUT2D eigenvalue weighted by molar-refractivity contribution is -0.137. The minimum Gasteiger partial charge on any atom is -0.375 e. The molecule has 19 heavy (non-hydrogen) atoms. The Labute approximate surface area is 109 Å². The quantitative estimate of drug-likeness (QED) is 0.922. The van der Waals surface area contributed by atoms with E-state index in [2.05, 4.69) is 10.3 Å². The molecule has 0 saturated carbocycles. The Balaban J connectivity index is 2.10. The first-order valence-electron chi connectivity index (χ1n) is 5.79. The van der Waals surface area contributed by atoms with Crippen LogP contribution < -0.4 is 5.32 Å². The molecule has 1 heterocycles. The van der Waals surface area contributed by atoms with Crippen molar-refractivity contribution < 1.29 is 13.2 Å². The number of hydrogen-bond donors (Lipinski definition) is 1. The van der Waals surface area contributed by atoms with Gasteiger partial charge in [0.15, 0.2) is 0 Å². The summed E-state index contributed by atoms with van der Waals surface area (Å²) in [6.07, 6.45) is -0.801. The fourth-order valence-electron chi connectivity index (χ4n) is 1.86. The topological polar surface area (TPSA) is 29.9 Å². The fraction of sp³-hybridized carbons (Fsp3) is 0.308. The maximum absolute atomic E-state index is 12.4. The highest BCUT2D eigenvalue weighted by Gasteiger charge is 2.29. The van der Waals surface area contributed by atoms with Crippen LogP contribution in [0.25, 0.3) is 0 Å². The van der Waals surface area contributed by atoms with Crippen LogP contribution in [0.3, 0.4) is 0 Å². The summed E-state index contributed by atoms with van der Waals surface area (Å²) in [7, 11) is 1.87. The molecule has 2 aromatic rings. The zero-order chi connectivity index (χ0) is 14.0. The number of aryl methyl sites for hydroxylation is 1. The number of nitrogens with zero attached hydrogens (tertiary/aromatic N) is 2. The van der Waals surface area contributed by atoms with E-state index in [1.165, 1.54) is 12.1 Å². The Morgan fingerprint density at radius 1 is 1.21 bits per heavy atom. The molecule has 0 fully saturated rings. The molecule has 0 radical (unpaired) electrons. The molecule has 0 aliphatic heterocycles. The van der Waals surface area contributed by atoms with Crippen molar-refractivity contribution in [2.75, 3.05) is 5.32 Å². The van der Waals surface area contributed by atoms with E-state index in [0.717, 1.165) is 18.0 Å². The number of alkyl halides is 3. The van der Waals surface area contributed by atoms with E-state index in [1.807, 2.05) is 24.7 Å². The summed E-state index contributed by atoms with van der Waals surface area (Å²) >= 11 is 0. The first kappa shape index (κ1) is 13.5. The molecule has 0 amide bonds. The molecule has 3 nitrogen and oxygen atoms in total. The van der Waals surface area contributed by atoms with Crippen molar-refractivity contribution in [2.24, 2.45) is 7.05 Å². The van der Waals surface area contributed by atoms with E-state index in [1.54, 1.807) is 6.20 Å². The van der Waals surface area contributed by atoms with Gasteiger partial charge in [0.1, 0.15) is 5.82 Å². The fourth-order valence-corrected chi connectivity index (χ4v) is 1.86. The Hall–Kier alpha value is -1.98. The summed E-state index contributed by atoms with van der Waals surface area (Å²) in [6, 6.07) is 4.88. The van der Waals surface area contributed by atoms with Crippen LogP contribution in [0.5, 0.6) is 0 Å². The molecule has 0 aliphatic carbocycles. The van der Waals surface area contributed by atoms with E-state index in [4.69, 9.17) is 0 Å². The van der Waals surface area contributed by atoms with Gasteiger partial charge in [-0.25, -0.2) is 4.98 Å². The molecule has 2 rings (SSSR count). The van der Waals surface area contributed by atoms with Crippen LogP contribution in [-0.2, 0) is 13.2 Å². The number of aromatic nitrogens is 2. The van der Waals surface area contributed by atoms with Crippen molar-refractivity contribution in [1.29, 1.82) is 0 Å². The third-order valence-corrected chi connectivity index (χ3v) is 2.84. The number of hydrogen-bond acceptors (Lipinski definition) is 2. The summed E-state index contributed by atoms with van der Waals surface area (Å²) in [5, 5.41) is 3.11. The molecule has 0 aliphatic rings. The average molecular weight is 269 g/mol. The van der Waals surface area contributed by atoms with Crippen LogP contribution in [0.2, 0.25) is 0 Å². The predicted octanol–water partition coefficient (Wildman–Crippen LogP) is 3.61. The molecule has 102 valence electrons. The van der Waals surface area contributed by atoms with Gasteiger partial charge in [-0.05, 0) is 31.2 Å². The maximum Gasteiger partial charge on any atom is 0.416 e. The third-order valence-electron chi connectivity index (χ3n) is 2.84. The van der Waals surface area contributed by atoms with Crippen LogP contribution in [0.15, 0.2) is 36.7 Å². The molecule has 1 aromatic heterocycles. The first-order valence-corrected chi connectivity index (χ1v) is 5.79. The molecule has 1 N–H and O–H groups in total. The van der Waals surface area contributed by atoms with Crippen molar-refractivity contribution >= 4 is 5.69 Å². The SMILES string of the molecule is CC(Nc1ccc(C(F)(F)F)cc1)c1nccn1C. The zero-order valence-electron chi connectivity index (χ0n) is 10.6. The van der Waals surface area contributed by atoms with Crippen molar-refractivity contribution in [1.82, 2.24) is 9.55 Å². The lowest BCUT2D eigenvalue weighted by Gasteiger charge is -2.15. The zero-order valence-corrected chi connectivity index (χ0v) is 10.6. The minimum atomic E-state index is -4.30. The normalized spacial score (nSPS) is 13.3. The van der Waals surface area contributed by atoms with Crippen LogP contribution in [0.4, 0.5) is 18.9 Å². The second kappa shape index (κ2) is 4.95. The monoisotopic (exact) mass is 269 g/mol. The molecule has 0 bridgehead atoms. The molecule has 1 aromatic carbocycles. The second-order valence-electron chi connectivity index (χ2n) is 4.34. The van der Waals surface area contributed by atoms with Crippen LogP contribution in [0, 0.1) is 0 Å². The number of benzene rings is 1. The van der Waals surface area contributed by atoms with E-state index >= 15 is 0 Å². The van der Waals surface area contributed by atoms with Gasteiger partial charge in [-0.15, -0.1) is 0 Å². The van der Waals surface area contributed by atoms with E-state index in [-0.39, 0.29) is 6.04 Å². The van der Waals surface area contributed by atoms with Gasteiger partial charge in [-0.1, -0.05) is 0 Å². The highest BCUT2D eigenvalue weighted by atomic mass is 19.4. The Morgan fingerprint density at radius 2 is 1.84 bits per heavy atom. The summed E-state index contributed by atoms with van der Waals surface area (Å²) in [5.41, 5.74) is -0.0220. The molecule has 0 saturated heterocycles.